The number of piperidine rings is 1. The summed E-state index contributed by atoms with van der Waals surface area (Å²) in [6, 6.07) is 7.47. The van der Waals surface area contributed by atoms with Crippen molar-refractivity contribution in [3.63, 3.8) is 0 Å². The molecule has 0 amide bonds. The molecule has 1 aliphatic heterocycles. The van der Waals surface area contributed by atoms with E-state index in [4.69, 9.17) is 11.6 Å². The molecule has 0 atom stereocenters. The van der Waals surface area contributed by atoms with Crippen molar-refractivity contribution < 1.29 is 5.11 Å². The van der Waals surface area contributed by atoms with Crippen LogP contribution in [0.3, 0.4) is 0 Å². The van der Waals surface area contributed by atoms with Gasteiger partial charge in [-0.3, -0.25) is 0 Å². The van der Waals surface area contributed by atoms with Crippen LogP contribution in [0.1, 0.15) is 30.9 Å². The lowest BCUT2D eigenvalue weighted by Gasteiger charge is -2.38. The Balaban J connectivity index is 1.69. The van der Waals surface area contributed by atoms with Crippen molar-refractivity contribution in [2.75, 3.05) is 18.0 Å². The van der Waals surface area contributed by atoms with E-state index in [1.807, 2.05) is 36.7 Å². The minimum atomic E-state index is -0.787. The number of halogens is 1. The summed E-state index contributed by atoms with van der Waals surface area (Å²) in [7, 11) is 0. The lowest BCUT2D eigenvalue weighted by molar-refractivity contribution is 0.0115. The van der Waals surface area contributed by atoms with Crippen molar-refractivity contribution in [2.45, 2.75) is 31.8 Å². The number of benzene rings is 1. The molecule has 0 aliphatic carbocycles. The van der Waals surface area contributed by atoms with E-state index < -0.39 is 5.60 Å². The number of aromatic nitrogens is 2. The zero-order chi connectivity index (χ0) is 15.6. The smallest absolute Gasteiger partial charge is 0.225 e. The molecule has 1 aromatic carbocycles. The van der Waals surface area contributed by atoms with Gasteiger partial charge in [-0.15, -0.1) is 0 Å². The van der Waals surface area contributed by atoms with E-state index in [0.29, 0.717) is 17.9 Å². The fourth-order valence-corrected chi connectivity index (χ4v) is 2.95. The fraction of sp³-hybridized carbons (Fsp3) is 0.412. The molecule has 5 heteroatoms. The number of hydrogen-bond donors (Lipinski definition) is 1. The van der Waals surface area contributed by atoms with E-state index in [1.165, 1.54) is 0 Å². The first kappa shape index (κ1) is 15.3. The van der Waals surface area contributed by atoms with Crippen molar-refractivity contribution in [1.82, 2.24) is 9.97 Å². The number of anilines is 1. The predicted molar refractivity (Wildman–Crippen MR) is 88.2 cm³/mol. The van der Waals surface area contributed by atoms with Gasteiger partial charge in [0.15, 0.2) is 0 Å². The molecule has 3 rings (SSSR count). The van der Waals surface area contributed by atoms with Crippen molar-refractivity contribution in [3.8, 4) is 0 Å². The fourth-order valence-electron chi connectivity index (χ4n) is 2.82. The van der Waals surface area contributed by atoms with Crippen molar-refractivity contribution >= 4 is 17.5 Å². The van der Waals surface area contributed by atoms with Gasteiger partial charge in [0.1, 0.15) is 0 Å². The minimum absolute atomic E-state index is 0.660. The van der Waals surface area contributed by atoms with E-state index in [1.54, 1.807) is 0 Å². The van der Waals surface area contributed by atoms with Gasteiger partial charge in [-0.2, -0.15) is 0 Å². The number of aryl methyl sites for hydroxylation is 1. The summed E-state index contributed by atoms with van der Waals surface area (Å²) >= 11 is 5.92. The Morgan fingerprint density at radius 3 is 2.27 bits per heavy atom. The second-order valence-electron chi connectivity index (χ2n) is 5.77. The molecule has 0 radical (unpaired) electrons. The number of rotatable bonds is 3. The molecule has 0 saturated carbocycles. The van der Waals surface area contributed by atoms with Gasteiger partial charge in [0.2, 0.25) is 5.95 Å². The third kappa shape index (κ3) is 3.08. The third-order valence-electron chi connectivity index (χ3n) is 4.35. The van der Waals surface area contributed by atoms with E-state index in [9.17, 15) is 5.11 Å². The van der Waals surface area contributed by atoms with Crippen LogP contribution in [-0.4, -0.2) is 28.2 Å². The Bertz CT molecular complexity index is 619. The van der Waals surface area contributed by atoms with Crippen LogP contribution in [0.4, 0.5) is 5.95 Å². The minimum Gasteiger partial charge on any atom is -0.385 e. The zero-order valence-electron chi connectivity index (χ0n) is 12.7. The van der Waals surface area contributed by atoms with Crippen LogP contribution < -0.4 is 4.90 Å². The summed E-state index contributed by atoms with van der Waals surface area (Å²) in [5.41, 5.74) is 1.28. The molecule has 1 N–H and O–H groups in total. The Morgan fingerprint density at radius 2 is 1.73 bits per heavy atom. The molecule has 1 aromatic heterocycles. The first-order valence-corrected chi connectivity index (χ1v) is 8.03. The lowest BCUT2D eigenvalue weighted by Crippen LogP contribution is -2.43. The Labute approximate surface area is 135 Å². The highest BCUT2D eigenvalue weighted by atomic mass is 35.5. The van der Waals surface area contributed by atoms with E-state index in [2.05, 4.69) is 21.8 Å². The molecule has 2 aromatic rings. The van der Waals surface area contributed by atoms with Crippen LogP contribution in [-0.2, 0) is 12.0 Å². The topological polar surface area (TPSA) is 49.2 Å². The molecule has 1 saturated heterocycles. The third-order valence-corrected chi connectivity index (χ3v) is 4.61. The molecule has 4 nitrogen and oxygen atoms in total. The molecule has 116 valence electrons. The number of hydrogen-bond acceptors (Lipinski definition) is 4. The molecule has 0 spiro atoms. The summed E-state index contributed by atoms with van der Waals surface area (Å²) in [6.45, 7) is 3.57. The molecule has 2 heterocycles. The molecule has 1 fully saturated rings. The van der Waals surface area contributed by atoms with Gasteiger partial charge in [-0.05, 0) is 42.5 Å². The highest BCUT2D eigenvalue weighted by molar-refractivity contribution is 6.30. The number of nitrogens with zero attached hydrogens (tertiary/aromatic N) is 3. The molecular weight excluding hydrogens is 298 g/mol. The molecule has 1 aliphatic rings. The summed E-state index contributed by atoms with van der Waals surface area (Å²) in [6.07, 6.45) is 6.02. The second kappa shape index (κ2) is 6.23. The maximum atomic E-state index is 10.9. The average molecular weight is 318 g/mol. The first-order valence-electron chi connectivity index (χ1n) is 7.65. The van der Waals surface area contributed by atoms with Crippen molar-refractivity contribution in [3.05, 3.63) is 52.8 Å². The molecule has 22 heavy (non-hydrogen) atoms. The van der Waals surface area contributed by atoms with Crippen molar-refractivity contribution in [2.24, 2.45) is 0 Å². The van der Waals surface area contributed by atoms with Crippen LogP contribution in [0.2, 0.25) is 5.02 Å². The zero-order valence-corrected chi connectivity index (χ0v) is 13.4. The SMILES string of the molecule is CCc1cnc(N2CCC(O)(c3ccc(Cl)cc3)CC2)nc1. The quantitative estimate of drug-likeness (QED) is 0.944. The summed E-state index contributed by atoms with van der Waals surface area (Å²) < 4.78 is 0. The maximum absolute atomic E-state index is 10.9. The van der Waals surface area contributed by atoms with Crippen molar-refractivity contribution in [1.29, 1.82) is 0 Å². The van der Waals surface area contributed by atoms with Crippen LogP contribution in [0.25, 0.3) is 0 Å². The van der Waals surface area contributed by atoms with Crippen LogP contribution in [0.15, 0.2) is 36.7 Å². The lowest BCUT2D eigenvalue weighted by atomic mass is 9.84. The molecule has 0 bridgehead atoms. The maximum Gasteiger partial charge on any atom is 0.225 e. The number of aliphatic hydroxyl groups is 1. The Kier molecular flexibility index (Phi) is 4.32. The summed E-state index contributed by atoms with van der Waals surface area (Å²) in [4.78, 5) is 11.0. The van der Waals surface area contributed by atoms with E-state index in [0.717, 1.165) is 36.6 Å². The summed E-state index contributed by atoms with van der Waals surface area (Å²) in [5, 5.41) is 11.6. The first-order chi connectivity index (χ1) is 10.6. The van der Waals surface area contributed by atoms with Gasteiger partial charge in [0.05, 0.1) is 5.60 Å². The summed E-state index contributed by atoms with van der Waals surface area (Å²) in [5.74, 6) is 0.746. The van der Waals surface area contributed by atoms with E-state index in [-0.39, 0.29) is 0 Å². The second-order valence-corrected chi connectivity index (χ2v) is 6.21. The average Bonchev–Trinajstić information content (AvgIpc) is 2.56. The standard InChI is InChI=1S/C17H20ClN3O/c1-2-13-11-19-16(20-12-13)21-9-7-17(22,8-10-21)14-3-5-15(18)6-4-14/h3-6,11-12,22H,2,7-10H2,1H3. The van der Waals surface area contributed by atoms with Gasteiger partial charge in [0.25, 0.3) is 0 Å². The van der Waals surface area contributed by atoms with E-state index >= 15 is 0 Å². The van der Waals surface area contributed by atoms with Gasteiger partial charge in [-0.25, -0.2) is 9.97 Å². The Hall–Kier alpha value is -1.65. The largest absolute Gasteiger partial charge is 0.385 e. The highest BCUT2D eigenvalue weighted by Gasteiger charge is 2.34. The normalized spacial score (nSPS) is 17.5. The van der Waals surface area contributed by atoms with Gasteiger partial charge < -0.3 is 10.0 Å². The molecular formula is C17H20ClN3O. The van der Waals surface area contributed by atoms with Crippen LogP contribution >= 0.6 is 11.6 Å². The van der Waals surface area contributed by atoms with Gasteiger partial charge >= 0.3 is 0 Å². The van der Waals surface area contributed by atoms with Crippen LogP contribution in [0, 0.1) is 0 Å². The monoisotopic (exact) mass is 317 g/mol. The van der Waals surface area contributed by atoms with Crippen LogP contribution in [0.5, 0.6) is 0 Å². The van der Waals surface area contributed by atoms with Gasteiger partial charge in [-0.1, -0.05) is 30.7 Å². The molecule has 0 unspecified atom stereocenters. The Morgan fingerprint density at radius 1 is 1.14 bits per heavy atom. The van der Waals surface area contributed by atoms with Gasteiger partial charge in [0, 0.05) is 30.5 Å². The highest BCUT2D eigenvalue weighted by Crippen LogP contribution is 2.34. The predicted octanol–water partition coefficient (Wildman–Crippen LogP) is 3.18.